The first-order valence-electron chi connectivity index (χ1n) is 3.64. The molecular weight excluding hydrogens is 163 g/mol. The number of rotatable bonds is 4. The highest BCUT2D eigenvalue weighted by Crippen LogP contribution is 1.96. The number of hydrogen-bond donors (Lipinski definition) is 1. The fourth-order valence-electron chi connectivity index (χ4n) is 0.902. The number of unbranched alkanes of at least 4 members (excludes halogenated alkanes) is 1. The summed E-state index contributed by atoms with van der Waals surface area (Å²) >= 11 is 4.95. The number of H-pyrrole nitrogens is 1. The lowest BCUT2D eigenvalue weighted by molar-refractivity contribution is 0.447. The molecule has 0 saturated heterocycles. The van der Waals surface area contributed by atoms with Gasteiger partial charge in [-0.05, 0) is 25.1 Å². The summed E-state index contributed by atoms with van der Waals surface area (Å²) in [6.45, 7) is 0.573. The highest BCUT2D eigenvalue weighted by molar-refractivity contribution is 7.71. The molecule has 1 rings (SSSR count). The summed E-state index contributed by atoms with van der Waals surface area (Å²) in [6.07, 6.45) is 5.13. The molecule has 0 radical (unpaired) electrons. The number of halogens is 1. The first-order valence-corrected chi connectivity index (χ1v) is 4.05. The van der Waals surface area contributed by atoms with E-state index in [1.165, 1.54) is 0 Å². The number of alkyl halides is 1. The summed E-state index contributed by atoms with van der Waals surface area (Å²) in [5.41, 5.74) is 0. The topological polar surface area (TPSA) is 20.7 Å². The molecule has 11 heavy (non-hydrogen) atoms. The van der Waals surface area contributed by atoms with E-state index >= 15 is 0 Å². The summed E-state index contributed by atoms with van der Waals surface area (Å²) in [5.74, 6) is 0. The number of aromatic nitrogens is 2. The molecule has 0 spiro atoms. The number of aromatic amines is 1. The SMILES string of the molecule is FCCCCn1cc[nH]c1=S. The molecule has 0 aliphatic heterocycles. The van der Waals surface area contributed by atoms with Crippen molar-refractivity contribution >= 4 is 12.2 Å². The van der Waals surface area contributed by atoms with Crippen molar-refractivity contribution in [2.75, 3.05) is 6.67 Å². The third-order valence-corrected chi connectivity index (χ3v) is 1.86. The molecule has 2 nitrogen and oxygen atoms in total. The van der Waals surface area contributed by atoms with E-state index in [1.807, 2.05) is 10.8 Å². The van der Waals surface area contributed by atoms with Gasteiger partial charge in [0.05, 0.1) is 6.67 Å². The monoisotopic (exact) mass is 174 g/mol. The highest BCUT2D eigenvalue weighted by Gasteiger charge is 1.91. The van der Waals surface area contributed by atoms with Crippen LogP contribution in [0.4, 0.5) is 4.39 Å². The third-order valence-electron chi connectivity index (χ3n) is 1.50. The fraction of sp³-hybridized carbons (Fsp3) is 0.571. The number of hydrogen-bond acceptors (Lipinski definition) is 1. The molecule has 0 aromatic carbocycles. The zero-order chi connectivity index (χ0) is 8.10. The Labute approximate surface area is 70.1 Å². The van der Waals surface area contributed by atoms with Gasteiger partial charge >= 0.3 is 0 Å². The summed E-state index contributed by atoms with van der Waals surface area (Å²) in [7, 11) is 0. The number of nitrogens with zero attached hydrogens (tertiary/aromatic N) is 1. The first kappa shape index (κ1) is 8.46. The second-order valence-electron chi connectivity index (χ2n) is 2.35. The lowest BCUT2D eigenvalue weighted by atomic mass is 10.3. The lowest BCUT2D eigenvalue weighted by Crippen LogP contribution is -1.96. The van der Waals surface area contributed by atoms with Crippen molar-refractivity contribution in [1.29, 1.82) is 0 Å². The van der Waals surface area contributed by atoms with Crippen LogP contribution in [0.25, 0.3) is 0 Å². The van der Waals surface area contributed by atoms with Crippen LogP contribution in [0, 0.1) is 4.77 Å². The Bertz CT molecular complexity index is 253. The van der Waals surface area contributed by atoms with Crippen molar-refractivity contribution < 1.29 is 4.39 Å². The molecule has 4 heteroatoms. The van der Waals surface area contributed by atoms with Crippen LogP contribution in [0.1, 0.15) is 12.8 Å². The highest BCUT2D eigenvalue weighted by atomic mass is 32.1. The smallest absolute Gasteiger partial charge is 0.177 e. The maximum atomic E-state index is 11.7. The molecule has 1 aromatic heterocycles. The Balaban J connectivity index is 2.39. The third kappa shape index (κ3) is 2.46. The van der Waals surface area contributed by atoms with E-state index in [-0.39, 0.29) is 6.67 Å². The second-order valence-corrected chi connectivity index (χ2v) is 2.74. The van der Waals surface area contributed by atoms with Crippen molar-refractivity contribution in [3.63, 3.8) is 0 Å². The zero-order valence-electron chi connectivity index (χ0n) is 6.22. The van der Waals surface area contributed by atoms with E-state index in [2.05, 4.69) is 4.98 Å². The second kappa shape index (κ2) is 4.28. The molecule has 1 N–H and O–H groups in total. The minimum Gasteiger partial charge on any atom is -0.337 e. The lowest BCUT2D eigenvalue weighted by Gasteiger charge is -1.98. The molecule has 62 valence electrons. The predicted molar refractivity (Wildman–Crippen MR) is 44.8 cm³/mol. The van der Waals surface area contributed by atoms with Crippen molar-refractivity contribution in [3.8, 4) is 0 Å². The van der Waals surface area contributed by atoms with Gasteiger partial charge in [0.2, 0.25) is 0 Å². The average molecular weight is 174 g/mol. The Kier molecular flexibility index (Phi) is 3.29. The van der Waals surface area contributed by atoms with Gasteiger partial charge in [-0.2, -0.15) is 0 Å². The molecule has 0 saturated carbocycles. The van der Waals surface area contributed by atoms with Crippen LogP contribution in [-0.4, -0.2) is 16.2 Å². The molecule has 1 aromatic rings. The zero-order valence-corrected chi connectivity index (χ0v) is 7.03. The standard InChI is InChI=1S/C7H11FN2S/c8-3-1-2-5-10-6-4-9-7(10)11/h4,6H,1-3,5H2,(H,9,11). The molecule has 0 aliphatic carbocycles. The largest absolute Gasteiger partial charge is 0.337 e. The minimum atomic E-state index is -0.238. The van der Waals surface area contributed by atoms with Crippen molar-refractivity contribution in [2.45, 2.75) is 19.4 Å². The molecule has 0 bridgehead atoms. The van der Waals surface area contributed by atoms with Crippen LogP contribution in [0.5, 0.6) is 0 Å². The van der Waals surface area contributed by atoms with Gasteiger partial charge in [0.25, 0.3) is 0 Å². The van der Waals surface area contributed by atoms with Crippen LogP contribution in [0.15, 0.2) is 12.4 Å². The van der Waals surface area contributed by atoms with Gasteiger partial charge in [0.15, 0.2) is 4.77 Å². The average Bonchev–Trinajstić information content (AvgIpc) is 2.37. The van der Waals surface area contributed by atoms with Crippen LogP contribution in [-0.2, 0) is 6.54 Å². The Morgan fingerprint density at radius 1 is 1.55 bits per heavy atom. The van der Waals surface area contributed by atoms with E-state index < -0.39 is 0 Å². The number of aryl methyl sites for hydroxylation is 1. The van der Waals surface area contributed by atoms with E-state index in [0.717, 1.165) is 13.0 Å². The minimum absolute atomic E-state index is 0.238. The van der Waals surface area contributed by atoms with Crippen molar-refractivity contribution in [1.82, 2.24) is 9.55 Å². The van der Waals surface area contributed by atoms with E-state index in [1.54, 1.807) is 6.20 Å². The molecule has 0 amide bonds. The number of imidazole rings is 1. The Morgan fingerprint density at radius 3 is 2.91 bits per heavy atom. The molecule has 0 fully saturated rings. The number of nitrogens with one attached hydrogen (secondary N) is 1. The molecule has 1 heterocycles. The van der Waals surface area contributed by atoms with Crippen LogP contribution < -0.4 is 0 Å². The fourth-order valence-corrected chi connectivity index (χ4v) is 1.12. The molecule has 0 atom stereocenters. The molecular formula is C7H11FN2S. The van der Waals surface area contributed by atoms with Gasteiger partial charge in [-0.15, -0.1) is 0 Å². The Hall–Kier alpha value is -0.640. The normalized spacial score (nSPS) is 10.3. The van der Waals surface area contributed by atoms with Gasteiger partial charge in [-0.1, -0.05) is 0 Å². The first-order chi connectivity index (χ1) is 5.34. The van der Waals surface area contributed by atoms with Gasteiger partial charge in [-0.25, -0.2) is 0 Å². The van der Waals surface area contributed by atoms with Crippen molar-refractivity contribution in [3.05, 3.63) is 17.2 Å². The predicted octanol–water partition coefficient (Wildman–Crippen LogP) is 2.30. The van der Waals surface area contributed by atoms with Crippen LogP contribution in [0.2, 0.25) is 0 Å². The van der Waals surface area contributed by atoms with Gasteiger partial charge < -0.3 is 9.55 Å². The quantitative estimate of drug-likeness (QED) is 0.548. The summed E-state index contributed by atoms with van der Waals surface area (Å²) in [4.78, 5) is 2.88. The van der Waals surface area contributed by atoms with Crippen molar-refractivity contribution in [2.24, 2.45) is 0 Å². The van der Waals surface area contributed by atoms with E-state index in [4.69, 9.17) is 12.2 Å². The molecule has 0 unspecified atom stereocenters. The van der Waals surface area contributed by atoms with Gasteiger partial charge in [0.1, 0.15) is 0 Å². The van der Waals surface area contributed by atoms with Crippen LogP contribution in [0.3, 0.4) is 0 Å². The maximum Gasteiger partial charge on any atom is 0.177 e. The molecule has 0 aliphatic rings. The van der Waals surface area contributed by atoms with Crippen LogP contribution >= 0.6 is 12.2 Å². The van der Waals surface area contributed by atoms with Gasteiger partial charge in [0, 0.05) is 18.9 Å². The summed E-state index contributed by atoms with van der Waals surface area (Å²) < 4.78 is 14.3. The van der Waals surface area contributed by atoms with Gasteiger partial charge in [-0.3, -0.25) is 4.39 Å². The Morgan fingerprint density at radius 2 is 2.36 bits per heavy atom. The summed E-state index contributed by atoms with van der Waals surface area (Å²) in [5, 5.41) is 0. The van der Waals surface area contributed by atoms with E-state index in [0.29, 0.717) is 11.2 Å². The van der Waals surface area contributed by atoms with E-state index in [9.17, 15) is 4.39 Å². The maximum absolute atomic E-state index is 11.7. The summed E-state index contributed by atoms with van der Waals surface area (Å²) in [6, 6.07) is 0.